The van der Waals surface area contributed by atoms with Gasteiger partial charge < -0.3 is 20.1 Å². The van der Waals surface area contributed by atoms with Gasteiger partial charge in [0.1, 0.15) is 6.33 Å². The van der Waals surface area contributed by atoms with Crippen molar-refractivity contribution in [3.63, 3.8) is 0 Å². The van der Waals surface area contributed by atoms with E-state index in [4.69, 9.17) is 9.47 Å². The molecule has 2 N–H and O–H groups in total. The monoisotopic (exact) mass is 290 g/mol. The van der Waals surface area contributed by atoms with Crippen LogP contribution >= 0.6 is 12.4 Å². The number of halogens is 1. The Morgan fingerprint density at radius 1 is 1.32 bits per heavy atom. The van der Waals surface area contributed by atoms with Crippen molar-refractivity contribution >= 4 is 18.3 Å². The fourth-order valence-corrected chi connectivity index (χ4v) is 1.29. The number of carbonyl (C=O) groups is 1. The summed E-state index contributed by atoms with van der Waals surface area (Å²) in [5.41, 5.74) is 0.200. The average molecular weight is 291 g/mol. The van der Waals surface area contributed by atoms with Gasteiger partial charge in [0.25, 0.3) is 5.91 Å². The Morgan fingerprint density at radius 2 is 1.84 bits per heavy atom. The van der Waals surface area contributed by atoms with Crippen LogP contribution in [0.4, 0.5) is 0 Å². The number of amides is 1. The topological polar surface area (TPSA) is 85.4 Å². The lowest BCUT2D eigenvalue weighted by atomic mass is 10.2. The van der Waals surface area contributed by atoms with Crippen molar-refractivity contribution in [3.05, 3.63) is 11.9 Å². The molecule has 0 aliphatic carbocycles. The maximum Gasteiger partial charge on any atom is 0.262 e. The molecule has 108 valence electrons. The summed E-state index contributed by atoms with van der Waals surface area (Å²) in [6.07, 6.45) is 1.28. The van der Waals surface area contributed by atoms with Gasteiger partial charge in [0.2, 0.25) is 11.8 Å². The van der Waals surface area contributed by atoms with Crippen LogP contribution in [0.2, 0.25) is 0 Å². The number of nitrogens with one attached hydrogen (secondary N) is 2. The highest BCUT2D eigenvalue weighted by molar-refractivity contribution is 5.98. The highest BCUT2D eigenvalue weighted by Crippen LogP contribution is 2.22. The summed E-state index contributed by atoms with van der Waals surface area (Å²) < 4.78 is 10.1. The Kier molecular flexibility index (Phi) is 7.78. The summed E-state index contributed by atoms with van der Waals surface area (Å²) in [5, 5.41) is 5.78. The number of nitrogens with zero attached hydrogens (tertiary/aromatic N) is 2. The Bertz CT molecular complexity index is 395. The van der Waals surface area contributed by atoms with Crippen molar-refractivity contribution in [1.29, 1.82) is 0 Å². The molecule has 7 nitrogen and oxygen atoms in total. The van der Waals surface area contributed by atoms with Crippen LogP contribution < -0.4 is 20.1 Å². The van der Waals surface area contributed by atoms with Gasteiger partial charge in [0.15, 0.2) is 5.56 Å². The number of rotatable bonds is 6. The molecule has 0 spiro atoms. The Hall–Kier alpha value is -1.60. The molecule has 0 radical (unpaired) electrons. The SMILES string of the molecule is CNC(C)CNC(=O)c1c(OC)ncnc1OC.Cl. The maximum absolute atomic E-state index is 12.0. The Balaban J connectivity index is 0.00000324. The van der Waals surface area contributed by atoms with E-state index in [0.29, 0.717) is 6.54 Å². The zero-order valence-corrected chi connectivity index (χ0v) is 12.2. The van der Waals surface area contributed by atoms with Gasteiger partial charge in [-0.3, -0.25) is 4.79 Å². The van der Waals surface area contributed by atoms with Crippen LogP contribution in [0, 0.1) is 0 Å². The second kappa shape index (κ2) is 8.49. The number of hydrogen-bond donors (Lipinski definition) is 2. The van der Waals surface area contributed by atoms with Crippen LogP contribution in [0.25, 0.3) is 0 Å². The molecule has 0 fully saturated rings. The first kappa shape index (κ1) is 17.4. The molecular formula is C11H19ClN4O3. The lowest BCUT2D eigenvalue weighted by Gasteiger charge is -2.13. The number of carbonyl (C=O) groups excluding carboxylic acids is 1. The normalized spacial score (nSPS) is 11.2. The summed E-state index contributed by atoms with van der Waals surface area (Å²) in [6, 6.07) is 0.163. The van der Waals surface area contributed by atoms with Crippen molar-refractivity contribution in [2.45, 2.75) is 13.0 Å². The molecular weight excluding hydrogens is 272 g/mol. The fourth-order valence-electron chi connectivity index (χ4n) is 1.29. The highest BCUT2D eigenvalue weighted by atomic mass is 35.5. The number of ether oxygens (including phenoxy) is 2. The fraction of sp³-hybridized carbons (Fsp3) is 0.545. The van der Waals surface area contributed by atoms with Crippen molar-refractivity contribution in [3.8, 4) is 11.8 Å². The highest BCUT2D eigenvalue weighted by Gasteiger charge is 2.20. The van der Waals surface area contributed by atoms with E-state index in [0.717, 1.165) is 0 Å². The van der Waals surface area contributed by atoms with E-state index >= 15 is 0 Å². The van der Waals surface area contributed by atoms with Gasteiger partial charge in [0.05, 0.1) is 14.2 Å². The molecule has 0 bridgehead atoms. The first-order valence-corrected chi connectivity index (χ1v) is 5.52. The summed E-state index contributed by atoms with van der Waals surface area (Å²) in [4.78, 5) is 19.8. The molecule has 0 saturated carbocycles. The van der Waals surface area contributed by atoms with E-state index in [9.17, 15) is 4.79 Å². The Morgan fingerprint density at radius 3 is 2.26 bits per heavy atom. The van der Waals surface area contributed by atoms with Gasteiger partial charge in [-0.2, -0.15) is 0 Å². The largest absolute Gasteiger partial charge is 0.480 e. The quantitative estimate of drug-likeness (QED) is 0.781. The summed E-state index contributed by atoms with van der Waals surface area (Å²) in [6.45, 7) is 2.44. The minimum atomic E-state index is -0.327. The molecule has 0 saturated heterocycles. The molecule has 1 heterocycles. The zero-order chi connectivity index (χ0) is 13.5. The Labute approximate surface area is 118 Å². The molecule has 0 aliphatic heterocycles. The maximum atomic E-state index is 12.0. The molecule has 0 aromatic carbocycles. The molecule has 1 atom stereocenters. The van der Waals surface area contributed by atoms with Gasteiger partial charge in [-0.15, -0.1) is 12.4 Å². The van der Waals surface area contributed by atoms with E-state index in [1.165, 1.54) is 20.5 Å². The second-order valence-corrected chi connectivity index (χ2v) is 3.67. The molecule has 1 aromatic rings. The molecule has 1 amide bonds. The molecule has 1 unspecified atom stereocenters. The molecule has 1 rings (SSSR count). The van der Waals surface area contributed by atoms with Gasteiger partial charge in [-0.05, 0) is 14.0 Å². The lowest BCUT2D eigenvalue weighted by molar-refractivity contribution is 0.0942. The third-order valence-electron chi connectivity index (χ3n) is 2.45. The van der Waals surface area contributed by atoms with Crippen LogP contribution in [0.1, 0.15) is 17.3 Å². The molecule has 19 heavy (non-hydrogen) atoms. The van der Waals surface area contributed by atoms with E-state index < -0.39 is 0 Å². The number of methoxy groups -OCH3 is 2. The number of hydrogen-bond acceptors (Lipinski definition) is 6. The summed E-state index contributed by atoms with van der Waals surface area (Å²) in [7, 11) is 4.70. The predicted molar refractivity (Wildman–Crippen MR) is 73.2 cm³/mol. The molecule has 1 aromatic heterocycles. The lowest BCUT2D eigenvalue weighted by Crippen LogP contribution is -2.37. The van der Waals surface area contributed by atoms with Crippen LogP contribution in [0.5, 0.6) is 11.8 Å². The van der Waals surface area contributed by atoms with Crippen molar-refractivity contribution in [1.82, 2.24) is 20.6 Å². The van der Waals surface area contributed by atoms with Crippen LogP contribution in [0.3, 0.4) is 0 Å². The van der Waals surface area contributed by atoms with Crippen molar-refractivity contribution < 1.29 is 14.3 Å². The standard InChI is InChI=1S/C11H18N4O3.ClH/c1-7(12-2)5-13-9(16)8-10(17-3)14-6-15-11(8)18-4;/h6-7,12H,5H2,1-4H3,(H,13,16);1H. The third-order valence-corrected chi connectivity index (χ3v) is 2.45. The zero-order valence-electron chi connectivity index (χ0n) is 11.4. The minimum Gasteiger partial charge on any atom is -0.480 e. The van der Waals surface area contributed by atoms with Gasteiger partial charge in [-0.1, -0.05) is 0 Å². The predicted octanol–water partition coefficient (Wildman–Crippen LogP) is 0.253. The van der Waals surface area contributed by atoms with Gasteiger partial charge >= 0.3 is 0 Å². The first-order valence-electron chi connectivity index (χ1n) is 5.52. The van der Waals surface area contributed by atoms with E-state index in [-0.39, 0.29) is 41.7 Å². The number of aromatic nitrogens is 2. The van der Waals surface area contributed by atoms with Gasteiger partial charge in [0, 0.05) is 12.6 Å². The number of likely N-dealkylation sites (N-methyl/N-ethyl adjacent to an activating group) is 1. The van der Waals surface area contributed by atoms with Crippen LogP contribution in [0.15, 0.2) is 6.33 Å². The van der Waals surface area contributed by atoms with E-state index in [1.807, 2.05) is 14.0 Å². The third kappa shape index (κ3) is 4.53. The minimum absolute atomic E-state index is 0. The smallest absolute Gasteiger partial charge is 0.262 e. The van der Waals surface area contributed by atoms with Crippen LogP contribution in [-0.4, -0.2) is 49.7 Å². The average Bonchev–Trinajstić information content (AvgIpc) is 2.43. The van der Waals surface area contributed by atoms with E-state index in [1.54, 1.807) is 0 Å². The van der Waals surface area contributed by atoms with Crippen molar-refractivity contribution in [2.24, 2.45) is 0 Å². The van der Waals surface area contributed by atoms with Crippen LogP contribution in [-0.2, 0) is 0 Å². The molecule has 0 aliphatic rings. The molecule has 8 heteroatoms. The van der Waals surface area contributed by atoms with Crippen molar-refractivity contribution in [2.75, 3.05) is 27.8 Å². The second-order valence-electron chi connectivity index (χ2n) is 3.67. The van der Waals surface area contributed by atoms with E-state index in [2.05, 4.69) is 20.6 Å². The van der Waals surface area contributed by atoms with Gasteiger partial charge in [-0.25, -0.2) is 9.97 Å². The summed E-state index contributed by atoms with van der Waals surface area (Å²) >= 11 is 0. The summed E-state index contributed by atoms with van der Waals surface area (Å²) in [5.74, 6) is 0.0549. The first-order chi connectivity index (χ1) is 8.63.